The van der Waals surface area contributed by atoms with Crippen LogP contribution in [-0.4, -0.2) is 63.4 Å². The Labute approximate surface area is 138 Å². The van der Waals surface area contributed by atoms with Gasteiger partial charge in [-0.15, -0.1) is 0 Å². The van der Waals surface area contributed by atoms with Crippen molar-refractivity contribution >= 4 is 11.7 Å². The van der Waals surface area contributed by atoms with Crippen molar-refractivity contribution < 1.29 is 4.79 Å². The van der Waals surface area contributed by atoms with Gasteiger partial charge in [0, 0.05) is 43.5 Å². The fraction of sp³-hybridized carbons (Fsp3) is 0.706. The molecule has 6 heteroatoms. The predicted molar refractivity (Wildman–Crippen MR) is 90.2 cm³/mol. The highest BCUT2D eigenvalue weighted by Crippen LogP contribution is 2.24. The van der Waals surface area contributed by atoms with Gasteiger partial charge in [-0.3, -0.25) is 9.69 Å². The number of amides is 1. The van der Waals surface area contributed by atoms with Crippen molar-refractivity contribution in [1.82, 2.24) is 19.8 Å². The number of carbonyl (C=O) groups is 1. The zero-order chi connectivity index (χ0) is 16.4. The van der Waals surface area contributed by atoms with E-state index in [1.165, 1.54) is 0 Å². The molecule has 0 bridgehead atoms. The average Bonchev–Trinajstić information content (AvgIpc) is 2.90. The SMILES string of the molecule is Cc1cc(NC2CCN(C3CCN(C(C)C)C3=O)CC2)ncn1. The normalized spacial score (nSPS) is 23.7. The maximum atomic E-state index is 12.5. The third kappa shape index (κ3) is 3.63. The summed E-state index contributed by atoms with van der Waals surface area (Å²) in [6.07, 6.45) is 4.67. The summed E-state index contributed by atoms with van der Waals surface area (Å²) in [4.78, 5) is 25.3. The Morgan fingerprint density at radius 2 is 1.91 bits per heavy atom. The van der Waals surface area contributed by atoms with Gasteiger partial charge in [-0.25, -0.2) is 9.97 Å². The van der Waals surface area contributed by atoms with Gasteiger partial charge in [-0.1, -0.05) is 0 Å². The molecule has 0 saturated carbocycles. The van der Waals surface area contributed by atoms with Gasteiger partial charge in [-0.05, 0) is 40.0 Å². The van der Waals surface area contributed by atoms with Crippen LogP contribution in [0.1, 0.15) is 38.8 Å². The Balaban J connectivity index is 1.52. The molecule has 6 nitrogen and oxygen atoms in total. The van der Waals surface area contributed by atoms with Gasteiger partial charge in [0.15, 0.2) is 0 Å². The number of aryl methyl sites for hydroxylation is 1. The molecule has 2 fully saturated rings. The van der Waals surface area contributed by atoms with Crippen LogP contribution in [0.15, 0.2) is 12.4 Å². The Bertz CT molecular complexity index is 554. The van der Waals surface area contributed by atoms with E-state index in [1.54, 1.807) is 6.33 Å². The first kappa shape index (κ1) is 16.2. The number of hydrogen-bond donors (Lipinski definition) is 1. The smallest absolute Gasteiger partial charge is 0.240 e. The molecule has 1 atom stereocenters. The quantitative estimate of drug-likeness (QED) is 0.915. The first-order valence-corrected chi connectivity index (χ1v) is 8.64. The van der Waals surface area contributed by atoms with Crippen molar-refractivity contribution in [2.24, 2.45) is 0 Å². The largest absolute Gasteiger partial charge is 0.367 e. The second-order valence-electron chi connectivity index (χ2n) is 6.93. The van der Waals surface area contributed by atoms with E-state index in [9.17, 15) is 4.79 Å². The summed E-state index contributed by atoms with van der Waals surface area (Å²) in [7, 11) is 0. The molecule has 1 aromatic rings. The van der Waals surface area contributed by atoms with Gasteiger partial charge in [-0.2, -0.15) is 0 Å². The zero-order valence-corrected chi connectivity index (χ0v) is 14.3. The molecular formula is C17H27N5O. The van der Waals surface area contributed by atoms with Crippen molar-refractivity contribution in [3.8, 4) is 0 Å². The highest BCUT2D eigenvalue weighted by atomic mass is 16.2. The molecular weight excluding hydrogens is 290 g/mol. The van der Waals surface area contributed by atoms with Crippen LogP contribution in [0.5, 0.6) is 0 Å². The van der Waals surface area contributed by atoms with E-state index in [0.29, 0.717) is 18.0 Å². The lowest BCUT2D eigenvalue weighted by Gasteiger charge is -2.35. The molecule has 0 aromatic carbocycles. The molecule has 126 valence electrons. The van der Waals surface area contributed by atoms with Gasteiger partial charge in [0.1, 0.15) is 12.1 Å². The number of likely N-dealkylation sites (tertiary alicyclic amines) is 2. The standard InChI is InChI=1S/C17H27N5O/c1-12(2)22-9-6-15(17(22)23)21-7-4-14(5-8-21)20-16-10-13(3)18-11-19-16/h10-12,14-15H,4-9H2,1-3H3,(H,18,19,20). The van der Waals surface area contributed by atoms with E-state index in [-0.39, 0.29) is 6.04 Å². The lowest BCUT2D eigenvalue weighted by molar-refractivity contribution is -0.133. The van der Waals surface area contributed by atoms with E-state index in [2.05, 4.69) is 34.0 Å². The Hall–Kier alpha value is -1.69. The van der Waals surface area contributed by atoms with Crippen LogP contribution in [0.2, 0.25) is 0 Å². The van der Waals surface area contributed by atoms with Crippen molar-refractivity contribution in [1.29, 1.82) is 0 Å². The molecule has 3 heterocycles. The van der Waals surface area contributed by atoms with Gasteiger partial charge >= 0.3 is 0 Å². The first-order valence-electron chi connectivity index (χ1n) is 8.64. The topological polar surface area (TPSA) is 61.4 Å². The minimum atomic E-state index is 0.0969. The van der Waals surface area contributed by atoms with E-state index < -0.39 is 0 Å². The third-order valence-electron chi connectivity index (χ3n) is 4.96. The number of nitrogens with zero attached hydrogens (tertiary/aromatic N) is 4. The Morgan fingerprint density at radius 1 is 1.17 bits per heavy atom. The van der Waals surface area contributed by atoms with Crippen LogP contribution in [0.25, 0.3) is 0 Å². The van der Waals surface area contributed by atoms with Crippen LogP contribution >= 0.6 is 0 Å². The highest BCUT2D eigenvalue weighted by Gasteiger charge is 2.38. The van der Waals surface area contributed by atoms with E-state index >= 15 is 0 Å². The number of piperidine rings is 1. The molecule has 23 heavy (non-hydrogen) atoms. The minimum absolute atomic E-state index is 0.0969. The molecule has 0 radical (unpaired) electrons. The second kappa shape index (κ2) is 6.83. The Kier molecular flexibility index (Phi) is 4.80. The summed E-state index contributed by atoms with van der Waals surface area (Å²) >= 11 is 0. The van der Waals surface area contributed by atoms with Crippen LogP contribution in [0, 0.1) is 6.92 Å². The van der Waals surface area contributed by atoms with E-state index in [1.807, 2.05) is 17.9 Å². The van der Waals surface area contributed by atoms with Crippen LogP contribution in [0.3, 0.4) is 0 Å². The molecule has 1 N–H and O–H groups in total. The fourth-order valence-corrected chi connectivity index (χ4v) is 3.64. The highest BCUT2D eigenvalue weighted by molar-refractivity contribution is 5.84. The molecule has 3 rings (SSSR count). The minimum Gasteiger partial charge on any atom is -0.367 e. The number of nitrogens with one attached hydrogen (secondary N) is 1. The van der Waals surface area contributed by atoms with Gasteiger partial charge in [0.25, 0.3) is 0 Å². The number of aromatic nitrogens is 2. The molecule has 0 spiro atoms. The van der Waals surface area contributed by atoms with Gasteiger partial charge in [0.05, 0.1) is 6.04 Å². The number of rotatable bonds is 4. The van der Waals surface area contributed by atoms with Crippen molar-refractivity contribution in [3.05, 3.63) is 18.1 Å². The Morgan fingerprint density at radius 3 is 2.52 bits per heavy atom. The number of anilines is 1. The predicted octanol–water partition coefficient (Wildman–Crippen LogP) is 1.67. The van der Waals surface area contributed by atoms with Gasteiger partial charge < -0.3 is 10.2 Å². The summed E-state index contributed by atoms with van der Waals surface area (Å²) in [5.41, 5.74) is 0.977. The van der Waals surface area contributed by atoms with Crippen molar-refractivity contribution in [2.75, 3.05) is 25.0 Å². The second-order valence-corrected chi connectivity index (χ2v) is 6.93. The number of carbonyl (C=O) groups excluding carboxylic acids is 1. The summed E-state index contributed by atoms with van der Waals surface area (Å²) < 4.78 is 0. The lowest BCUT2D eigenvalue weighted by Crippen LogP contribution is -2.48. The van der Waals surface area contributed by atoms with Crippen LogP contribution in [0.4, 0.5) is 5.82 Å². The monoisotopic (exact) mass is 317 g/mol. The first-order chi connectivity index (χ1) is 11.0. The summed E-state index contributed by atoms with van der Waals surface area (Å²) in [5, 5.41) is 3.50. The van der Waals surface area contributed by atoms with Crippen molar-refractivity contribution in [3.63, 3.8) is 0 Å². The number of hydrogen-bond acceptors (Lipinski definition) is 5. The molecule has 2 aliphatic heterocycles. The van der Waals surface area contributed by atoms with Crippen LogP contribution in [-0.2, 0) is 4.79 Å². The maximum Gasteiger partial charge on any atom is 0.240 e. The zero-order valence-electron chi connectivity index (χ0n) is 14.3. The third-order valence-corrected chi connectivity index (χ3v) is 4.96. The van der Waals surface area contributed by atoms with E-state index in [0.717, 1.165) is 50.4 Å². The van der Waals surface area contributed by atoms with Gasteiger partial charge in [0.2, 0.25) is 5.91 Å². The molecule has 0 aliphatic carbocycles. The summed E-state index contributed by atoms with van der Waals surface area (Å²) in [5.74, 6) is 1.22. The van der Waals surface area contributed by atoms with Crippen molar-refractivity contribution in [2.45, 2.75) is 58.2 Å². The lowest BCUT2D eigenvalue weighted by atomic mass is 10.0. The molecule has 2 saturated heterocycles. The van der Waals surface area contributed by atoms with Crippen LogP contribution < -0.4 is 5.32 Å². The maximum absolute atomic E-state index is 12.5. The molecule has 2 aliphatic rings. The fourth-order valence-electron chi connectivity index (χ4n) is 3.64. The molecule has 1 amide bonds. The average molecular weight is 317 g/mol. The summed E-state index contributed by atoms with van der Waals surface area (Å²) in [6, 6.07) is 2.82. The molecule has 1 unspecified atom stereocenters. The van der Waals surface area contributed by atoms with E-state index in [4.69, 9.17) is 0 Å². The summed E-state index contributed by atoms with van der Waals surface area (Å²) in [6.45, 7) is 9.02. The molecule has 1 aromatic heterocycles.